The molecule has 0 saturated carbocycles. The molecular formula is C10H16FN5O. The number of rotatable bonds is 5. The summed E-state index contributed by atoms with van der Waals surface area (Å²) in [6.07, 6.45) is 1.72. The van der Waals surface area contributed by atoms with Crippen LogP contribution in [0.15, 0.2) is 6.20 Å². The fourth-order valence-corrected chi connectivity index (χ4v) is 1.24. The largest absolute Gasteiger partial charge is 0.368 e. The Labute approximate surface area is 98.8 Å². The van der Waals surface area contributed by atoms with Gasteiger partial charge in [-0.05, 0) is 6.42 Å². The summed E-state index contributed by atoms with van der Waals surface area (Å²) in [5.41, 5.74) is 5.37. The van der Waals surface area contributed by atoms with Crippen LogP contribution < -0.4 is 16.4 Å². The molecule has 1 atom stereocenters. The molecule has 0 spiro atoms. The maximum absolute atomic E-state index is 13.3. The van der Waals surface area contributed by atoms with Gasteiger partial charge in [-0.3, -0.25) is 4.79 Å². The number of nitrogen functional groups attached to an aromatic ring is 1. The average Bonchev–Trinajstić information content (AvgIpc) is 2.28. The Balaban J connectivity index is 2.66. The molecule has 6 nitrogen and oxygen atoms in total. The van der Waals surface area contributed by atoms with Crippen molar-refractivity contribution in [1.29, 1.82) is 0 Å². The first-order valence-electron chi connectivity index (χ1n) is 5.32. The number of aromatic nitrogens is 2. The summed E-state index contributed by atoms with van der Waals surface area (Å²) in [5, 5.41) is 5.52. The summed E-state index contributed by atoms with van der Waals surface area (Å²) >= 11 is 0. The monoisotopic (exact) mass is 241 g/mol. The van der Waals surface area contributed by atoms with Crippen molar-refractivity contribution in [3.63, 3.8) is 0 Å². The lowest BCUT2D eigenvalue weighted by molar-refractivity contribution is -0.119. The summed E-state index contributed by atoms with van der Waals surface area (Å²) in [5.74, 6) is -0.647. The van der Waals surface area contributed by atoms with Crippen molar-refractivity contribution in [2.24, 2.45) is 0 Å². The third-order valence-corrected chi connectivity index (χ3v) is 2.19. The molecule has 0 aliphatic rings. The summed E-state index contributed by atoms with van der Waals surface area (Å²) in [6.45, 7) is 3.74. The molecule has 0 saturated heterocycles. The molecule has 0 aliphatic heterocycles. The van der Waals surface area contributed by atoms with E-state index in [0.717, 1.165) is 6.20 Å². The Morgan fingerprint density at radius 1 is 1.65 bits per heavy atom. The van der Waals surface area contributed by atoms with Crippen LogP contribution in [0.5, 0.6) is 0 Å². The first-order chi connectivity index (χ1) is 8.02. The van der Waals surface area contributed by atoms with Crippen LogP contribution in [0.2, 0.25) is 0 Å². The zero-order chi connectivity index (χ0) is 12.8. The molecule has 94 valence electrons. The molecule has 0 bridgehead atoms. The lowest BCUT2D eigenvalue weighted by atomic mass is 10.2. The normalized spacial score (nSPS) is 11.9. The van der Waals surface area contributed by atoms with Gasteiger partial charge < -0.3 is 16.4 Å². The number of hydrogen-bond acceptors (Lipinski definition) is 5. The van der Waals surface area contributed by atoms with E-state index in [2.05, 4.69) is 20.6 Å². The van der Waals surface area contributed by atoms with Crippen LogP contribution in [0.3, 0.4) is 0 Å². The summed E-state index contributed by atoms with van der Waals surface area (Å²) in [6, 6.07) is -0.109. The molecule has 17 heavy (non-hydrogen) atoms. The van der Waals surface area contributed by atoms with E-state index in [0.29, 0.717) is 13.0 Å². The number of anilines is 2. The van der Waals surface area contributed by atoms with Gasteiger partial charge in [-0.15, -0.1) is 0 Å². The molecule has 7 heteroatoms. The standard InChI is InChI=1S/C10H16FN5O/c1-3-7(4-13-6(2)17)15-9-8(11)5-14-10(12)16-9/h5,7H,3-4H2,1-2H3,(H,13,17)(H3,12,14,15,16). The molecular weight excluding hydrogens is 225 g/mol. The number of nitrogens with one attached hydrogen (secondary N) is 2. The van der Waals surface area contributed by atoms with E-state index in [1.54, 1.807) is 0 Å². The van der Waals surface area contributed by atoms with Crippen molar-refractivity contribution in [3.8, 4) is 0 Å². The van der Waals surface area contributed by atoms with Gasteiger partial charge in [0.2, 0.25) is 11.9 Å². The number of nitrogens with two attached hydrogens (primary N) is 1. The predicted octanol–water partition coefficient (Wildman–Crippen LogP) is 0.525. The van der Waals surface area contributed by atoms with Crippen molar-refractivity contribution in [2.45, 2.75) is 26.3 Å². The van der Waals surface area contributed by atoms with E-state index < -0.39 is 5.82 Å². The smallest absolute Gasteiger partial charge is 0.222 e. The van der Waals surface area contributed by atoms with Crippen molar-refractivity contribution < 1.29 is 9.18 Å². The molecule has 1 heterocycles. The minimum absolute atomic E-state index is 0.00304. The molecule has 1 rings (SSSR count). The second kappa shape index (κ2) is 5.97. The maximum Gasteiger partial charge on any atom is 0.222 e. The molecule has 4 N–H and O–H groups in total. The van der Waals surface area contributed by atoms with Gasteiger partial charge in [0.25, 0.3) is 0 Å². The Bertz CT molecular complexity index is 398. The Hall–Kier alpha value is -1.92. The summed E-state index contributed by atoms with van der Waals surface area (Å²) in [7, 11) is 0. The Morgan fingerprint density at radius 3 is 2.94 bits per heavy atom. The summed E-state index contributed by atoms with van der Waals surface area (Å²) in [4.78, 5) is 18.1. The van der Waals surface area contributed by atoms with Gasteiger partial charge in [-0.2, -0.15) is 4.98 Å². The molecule has 0 fully saturated rings. The first kappa shape index (κ1) is 13.1. The molecule has 0 aliphatic carbocycles. The van der Waals surface area contributed by atoms with E-state index in [1.807, 2.05) is 6.92 Å². The third-order valence-electron chi connectivity index (χ3n) is 2.19. The Kier molecular flexibility index (Phi) is 4.62. The molecule has 1 aromatic heterocycles. The number of nitrogens with zero attached hydrogens (tertiary/aromatic N) is 2. The maximum atomic E-state index is 13.3. The minimum Gasteiger partial charge on any atom is -0.368 e. The van der Waals surface area contributed by atoms with Crippen molar-refractivity contribution in [2.75, 3.05) is 17.6 Å². The molecule has 1 amide bonds. The van der Waals surface area contributed by atoms with Crippen LogP contribution in [-0.2, 0) is 4.79 Å². The zero-order valence-corrected chi connectivity index (χ0v) is 9.83. The second-order valence-corrected chi connectivity index (χ2v) is 3.61. The van der Waals surface area contributed by atoms with Crippen molar-refractivity contribution >= 4 is 17.7 Å². The predicted molar refractivity (Wildman–Crippen MR) is 62.8 cm³/mol. The van der Waals surface area contributed by atoms with Gasteiger partial charge in [0.1, 0.15) is 0 Å². The number of carbonyl (C=O) groups excluding carboxylic acids is 1. The van der Waals surface area contributed by atoms with E-state index in [1.165, 1.54) is 6.92 Å². The van der Waals surface area contributed by atoms with Crippen molar-refractivity contribution in [3.05, 3.63) is 12.0 Å². The second-order valence-electron chi connectivity index (χ2n) is 3.61. The van der Waals surface area contributed by atoms with Crippen LogP contribution in [0.1, 0.15) is 20.3 Å². The topological polar surface area (TPSA) is 92.9 Å². The number of hydrogen-bond donors (Lipinski definition) is 3. The lowest BCUT2D eigenvalue weighted by Gasteiger charge is -2.18. The van der Waals surface area contributed by atoms with E-state index in [9.17, 15) is 9.18 Å². The van der Waals surface area contributed by atoms with E-state index in [-0.39, 0.29) is 23.7 Å². The summed E-state index contributed by atoms with van der Waals surface area (Å²) < 4.78 is 13.3. The molecule has 0 radical (unpaired) electrons. The number of halogens is 1. The van der Waals surface area contributed by atoms with Gasteiger partial charge in [-0.25, -0.2) is 9.37 Å². The molecule has 0 aromatic carbocycles. The van der Waals surface area contributed by atoms with Crippen LogP contribution in [0, 0.1) is 5.82 Å². The zero-order valence-electron chi connectivity index (χ0n) is 9.83. The van der Waals surface area contributed by atoms with Crippen molar-refractivity contribution in [1.82, 2.24) is 15.3 Å². The number of carbonyl (C=O) groups is 1. The van der Waals surface area contributed by atoms with Gasteiger partial charge in [0.05, 0.1) is 6.20 Å². The quantitative estimate of drug-likeness (QED) is 0.699. The average molecular weight is 241 g/mol. The number of amides is 1. The van der Waals surface area contributed by atoms with Gasteiger partial charge in [0.15, 0.2) is 11.6 Å². The first-order valence-corrected chi connectivity index (χ1v) is 5.32. The molecule has 1 aromatic rings. The highest BCUT2D eigenvalue weighted by Gasteiger charge is 2.11. The SMILES string of the molecule is CCC(CNC(C)=O)Nc1nc(N)ncc1F. The van der Waals surface area contributed by atoms with Crippen LogP contribution in [0.25, 0.3) is 0 Å². The highest BCUT2D eigenvalue weighted by molar-refractivity contribution is 5.72. The van der Waals surface area contributed by atoms with Crippen LogP contribution in [-0.4, -0.2) is 28.5 Å². The Morgan fingerprint density at radius 2 is 2.35 bits per heavy atom. The fraction of sp³-hybridized carbons (Fsp3) is 0.500. The highest BCUT2D eigenvalue weighted by Crippen LogP contribution is 2.12. The van der Waals surface area contributed by atoms with Gasteiger partial charge in [0, 0.05) is 19.5 Å². The lowest BCUT2D eigenvalue weighted by Crippen LogP contribution is -2.35. The van der Waals surface area contributed by atoms with Gasteiger partial charge in [-0.1, -0.05) is 6.92 Å². The highest BCUT2D eigenvalue weighted by atomic mass is 19.1. The van der Waals surface area contributed by atoms with Crippen LogP contribution in [0.4, 0.5) is 16.2 Å². The fourth-order valence-electron chi connectivity index (χ4n) is 1.24. The van der Waals surface area contributed by atoms with E-state index >= 15 is 0 Å². The van der Waals surface area contributed by atoms with E-state index in [4.69, 9.17) is 5.73 Å². The minimum atomic E-state index is -0.569. The van der Waals surface area contributed by atoms with Gasteiger partial charge >= 0.3 is 0 Å². The molecule has 1 unspecified atom stereocenters. The third kappa shape index (κ3) is 4.21. The van der Waals surface area contributed by atoms with Crippen LogP contribution >= 0.6 is 0 Å².